The first-order valence-electron chi connectivity index (χ1n) is 8.53. The number of benzene rings is 1. The number of fused-ring (bicyclic) bond motifs is 1. The van der Waals surface area contributed by atoms with E-state index in [2.05, 4.69) is 15.5 Å². The molecule has 1 aliphatic carbocycles. The summed E-state index contributed by atoms with van der Waals surface area (Å²) in [5, 5.41) is 9.82. The molecule has 2 heterocycles. The van der Waals surface area contributed by atoms with Crippen molar-refractivity contribution in [1.29, 1.82) is 0 Å². The summed E-state index contributed by atoms with van der Waals surface area (Å²) < 4.78 is 5.31. The van der Waals surface area contributed by atoms with Crippen LogP contribution in [-0.4, -0.2) is 10.2 Å². The van der Waals surface area contributed by atoms with E-state index in [0.29, 0.717) is 17.9 Å². The number of aromatic amines is 1. The van der Waals surface area contributed by atoms with E-state index in [4.69, 9.17) is 4.42 Å². The highest BCUT2D eigenvalue weighted by Gasteiger charge is 2.16. The van der Waals surface area contributed by atoms with E-state index < -0.39 is 0 Å². The highest BCUT2D eigenvalue weighted by atomic mass is 16.4. The molecule has 1 aromatic heterocycles. The fourth-order valence-corrected chi connectivity index (χ4v) is 3.03. The molecule has 0 unspecified atom stereocenters. The molecular formula is C21H17N3O3. The molecule has 0 bridgehead atoms. The van der Waals surface area contributed by atoms with E-state index in [-0.39, 0.29) is 11.2 Å². The average Bonchev–Trinajstić information content (AvgIpc) is 2.80. The number of hydrogen-bond acceptors (Lipinski definition) is 5. The van der Waals surface area contributed by atoms with Crippen molar-refractivity contribution in [3.63, 3.8) is 0 Å². The van der Waals surface area contributed by atoms with Gasteiger partial charge in [0.05, 0.1) is 11.3 Å². The number of aromatic nitrogens is 2. The number of furan rings is 1. The smallest absolute Gasteiger partial charge is 0.341 e. The number of nitrogens with one attached hydrogen (secondary N) is 2. The summed E-state index contributed by atoms with van der Waals surface area (Å²) in [6.45, 7) is 2.22. The molecule has 2 aliphatic rings. The maximum Gasteiger partial charge on any atom is 0.341 e. The molecule has 0 amide bonds. The summed E-state index contributed by atoms with van der Waals surface area (Å²) in [6, 6.07) is 18.5. The number of anilines is 1. The molecule has 27 heavy (non-hydrogen) atoms. The SMILES string of the molecule is Cc1cc(=O)[nH]nc1-c1ccc(NCc2c3cccccc-3oc2=O)cc1. The van der Waals surface area contributed by atoms with Crippen molar-refractivity contribution < 1.29 is 4.42 Å². The highest BCUT2D eigenvalue weighted by Crippen LogP contribution is 2.25. The summed E-state index contributed by atoms with van der Waals surface area (Å²) in [7, 11) is 0. The van der Waals surface area contributed by atoms with Crippen LogP contribution in [0.1, 0.15) is 11.1 Å². The fourth-order valence-electron chi connectivity index (χ4n) is 3.03. The lowest BCUT2D eigenvalue weighted by Crippen LogP contribution is -2.09. The first kappa shape index (κ1) is 16.8. The monoisotopic (exact) mass is 359 g/mol. The Morgan fingerprint density at radius 1 is 1.04 bits per heavy atom. The quantitative estimate of drug-likeness (QED) is 0.583. The van der Waals surface area contributed by atoms with E-state index in [1.807, 2.05) is 55.5 Å². The Kier molecular flexibility index (Phi) is 4.30. The lowest BCUT2D eigenvalue weighted by atomic mass is 10.1. The Bertz CT molecular complexity index is 1180. The molecule has 2 N–H and O–H groups in total. The van der Waals surface area contributed by atoms with Crippen LogP contribution in [0.3, 0.4) is 0 Å². The number of rotatable bonds is 4. The zero-order valence-corrected chi connectivity index (χ0v) is 14.7. The van der Waals surface area contributed by atoms with E-state index >= 15 is 0 Å². The van der Waals surface area contributed by atoms with Crippen molar-refractivity contribution in [1.82, 2.24) is 10.2 Å². The van der Waals surface area contributed by atoms with Gasteiger partial charge in [0, 0.05) is 29.4 Å². The van der Waals surface area contributed by atoms with Gasteiger partial charge >= 0.3 is 5.63 Å². The predicted molar refractivity (Wildman–Crippen MR) is 104 cm³/mol. The van der Waals surface area contributed by atoms with Crippen LogP contribution in [0.2, 0.25) is 0 Å². The van der Waals surface area contributed by atoms with Gasteiger partial charge in [-0.25, -0.2) is 9.89 Å². The Morgan fingerprint density at radius 2 is 1.81 bits per heavy atom. The molecule has 6 nitrogen and oxygen atoms in total. The van der Waals surface area contributed by atoms with Crippen LogP contribution in [0.15, 0.2) is 74.7 Å². The molecule has 0 saturated carbocycles. The number of hydrogen-bond donors (Lipinski definition) is 2. The summed E-state index contributed by atoms with van der Waals surface area (Å²) in [4.78, 5) is 23.4. The predicted octanol–water partition coefficient (Wildman–Crippen LogP) is 3.42. The van der Waals surface area contributed by atoms with Crippen molar-refractivity contribution in [2.24, 2.45) is 0 Å². The van der Waals surface area contributed by atoms with Gasteiger partial charge in [0.1, 0.15) is 5.76 Å². The van der Waals surface area contributed by atoms with E-state index in [1.54, 1.807) is 6.07 Å². The van der Waals surface area contributed by atoms with Crippen molar-refractivity contribution in [2.45, 2.75) is 13.5 Å². The van der Waals surface area contributed by atoms with E-state index in [0.717, 1.165) is 28.1 Å². The molecular weight excluding hydrogens is 342 g/mol. The molecule has 6 heteroatoms. The van der Waals surface area contributed by atoms with Crippen LogP contribution < -0.4 is 16.5 Å². The molecule has 0 saturated heterocycles. The van der Waals surface area contributed by atoms with Gasteiger partial charge in [0.15, 0.2) is 0 Å². The third-order valence-corrected chi connectivity index (χ3v) is 4.40. The van der Waals surface area contributed by atoms with Gasteiger partial charge < -0.3 is 9.73 Å². The Balaban J connectivity index is 1.55. The van der Waals surface area contributed by atoms with Crippen molar-refractivity contribution in [2.75, 3.05) is 5.32 Å². The molecule has 1 aromatic carbocycles. The molecule has 0 fully saturated rings. The van der Waals surface area contributed by atoms with Crippen molar-refractivity contribution in [3.8, 4) is 22.6 Å². The summed E-state index contributed by atoms with van der Waals surface area (Å²) >= 11 is 0. The Hall–Kier alpha value is -3.67. The summed E-state index contributed by atoms with van der Waals surface area (Å²) in [5.74, 6) is 0.580. The fraction of sp³-hybridized carbons (Fsp3) is 0.0952. The number of H-pyrrole nitrogens is 1. The Labute approximate surface area is 154 Å². The second-order valence-corrected chi connectivity index (χ2v) is 6.25. The average molecular weight is 359 g/mol. The highest BCUT2D eigenvalue weighted by molar-refractivity contribution is 5.66. The topological polar surface area (TPSA) is 88.0 Å². The van der Waals surface area contributed by atoms with Crippen molar-refractivity contribution >= 4 is 5.69 Å². The first-order chi connectivity index (χ1) is 13.1. The molecule has 0 spiro atoms. The molecule has 4 rings (SSSR count). The van der Waals surface area contributed by atoms with Gasteiger partial charge in [-0.05, 0) is 30.7 Å². The van der Waals surface area contributed by atoms with E-state index in [9.17, 15) is 9.59 Å². The second-order valence-electron chi connectivity index (χ2n) is 6.25. The van der Waals surface area contributed by atoms with Crippen LogP contribution in [0.25, 0.3) is 22.6 Å². The second kappa shape index (κ2) is 6.92. The van der Waals surface area contributed by atoms with Gasteiger partial charge in [-0.2, -0.15) is 5.10 Å². The maximum absolute atomic E-state index is 12.1. The lowest BCUT2D eigenvalue weighted by molar-refractivity contribution is 0.541. The van der Waals surface area contributed by atoms with Gasteiger partial charge in [-0.3, -0.25) is 4.79 Å². The minimum Gasteiger partial charge on any atom is -0.422 e. The largest absolute Gasteiger partial charge is 0.422 e. The molecule has 1 aliphatic heterocycles. The van der Waals surface area contributed by atoms with Gasteiger partial charge in [-0.1, -0.05) is 36.4 Å². The van der Waals surface area contributed by atoms with Gasteiger partial charge in [0.25, 0.3) is 5.56 Å². The third kappa shape index (κ3) is 3.37. The molecule has 0 radical (unpaired) electrons. The van der Waals surface area contributed by atoms with Crippen LogP contribution >= 0.6 is 0 Å². The van der Waals surface area contributed by atoms with Crippen molar-refractivity contribution in [3.05, 3.63) is 92.6 Å². The normalized spacial score (nSPS) is 10.9. The zero-order valence-electron chi connectivity index (χ0n) is 14.7. The van der Waals surface area contributed by atoms with Gasteiger partial charge in [-0.15, -0.1) is 0 Å². The third-order valence-electron chi connectivity index (χ3n) is 4.40. The maximum atomic E-state index is 12.1. The standard InChI is InChI=1S/C21H17N3O3/c1-13-11-19(25)23-24-20(13)14-7-9-15(10-8-14)22-12-17-16-5-3-2-4-6-18(16)27-21(17)26/h2-11,22H,12H2,1H3,(H,23,25). The van der Waals surface area contributed by atoms with Crippen LogP contribution in [0, 0.1) is 6.92 Å². The lowest BCUT2D eigenvalue weighted by Gasteiger charge is -2.08. The van der Waals surface area contributed by atoms with Crippen LogP contribution in [0.4, 0.5) is 5.69 Å². The molecule has 2 aromatic rings. The minimum atomic E-state index is -0.326. The molecule has 0 atom stereocenters. The molecule has 134 valence electrons. The summed E-state index contributed by atoms with van der Waals surface area (Å²) in [5.41, 5.74) is 4.18. The number of nitrogens with zero attached hydrogens (tertiary/aromatic N) is 1. The van der Waals surface area contributed by atoms with Crippen LogP contribution in [0.5, 0.6) is 0 Å². The zero-order chi connectivity index (χ0) is 18.8. The van der Waals surface area contributed by atoms with E-state index in [1.165, 1.54) is 6.07 Å². The number of aryl methyl sites for hydroxylation is 1. The first-order valence-corrected chi connectivity index (χ1v) is 8.53. The Morgan fingerprint density at radius 3 is 2.59 bits per heavy atom. The summed E-state index contributed by atoms with van der Waals surface area (Å²) in [6.07, 6.45) is 0. The van der Waals surface area contributed by atoms with Crippen LogP contribution in [-0.2, 0) is 6.54 Å². The van der Waals surface area contributed by atoms with Gasteiger partial charge in [0.2, 0.25) is 0 Å². The minimum absolute atomic E-state index is 0.219.